The molecule has 6 nitrogen and oxygen atoms in total. The quantitative estimate of drug-likeness (QED) is 0.663. The zero-order valence-electron chi connectivity index (χ0n) is 17.5. The lowest BCUT2D eigenvalue weighted by Crippen LogP contribution is -2.50. The van der Waals surface area contributed by atoms with Gasteiger partial charge in [0.2, 0.25) is 5.91 Å². The van der Waals surface area contributed by atoms with Crippen molar-refractivity contribution in [1.29, 1.82) is 0 Å². The number of nitrogens with one attached hydrogen (secondary N) is 2. The fourth-order valence-electron chi connectivity index (χ4n) is 2.83. The average Bonchev–Trinajstić information content (AvgIpc) is 2.71. The number of hydrogen-bond donors (Lipinski definition) is 2. The maximum atomic E-state index is 12.7. The number of carbonyl (C=O) groups excluding carboxylic acids is 2. The van der Waals surface area contributed by atoms with Crippen LogP contribution < -0.4 is 15.4 Å². The summed E-state index contributed by atoms with van der Waals surface area (Å²) in [5, 5.41) is 5.63. The Bertz CT molecular complexity index is 775. The first-order valence-electron chi connectivity index (χ1n) is 9.91. The molecule has 2 aromatic carbocycles. The molecule has 0 radical (unpaired) electrons. The van der Waals surface area contributed by atoms with E-state index >= 15 is 0 Å². The molecule has 2 rings (SSSR count). The third-order valence-electron chi connectivity index (χ3n) is 4.49. The van der Waals surface area contributed by atoms with Crippen molar-refractivity contribution in [3.05, 3.63) is 65.7 Å². The summed E-state index contributed by atoms with van der Waals surface area (Å²) in [4.78, 5) is 24.9. The predicted molar refractivity (Wildman–Crippen MR) is 113 cm³/mol. The highest BCUT2D eigenvalue weighted by Gasteiger charge is 2.26. The minimum absolute atomic E-state index is 0.0909. The van der Waals surface area contributed by atoms with Crippen LogP contribution in [0.4, 0.5) is 4.79 Å². The summed E-state index contributed by atoms with van der Waals surface area (Å²) in [6, 6.07) is 16.1. The maximum absolute atomic E-state index is 12.7. The van der Waals surface area contributed by atoms with Crippen LogP contribution in [-0.2, 0) is 16.1 Å². The molecule has 2 atom stereocenters. The number of rotatable bonds is 9. The van der Waals surface area contributed by atoms with Gasteiger partial charge in [0.15, 0.2) is 0 Å². The minimum atomic E-state index is -0.691. The third-order valence-corrected chi connectivity index (χ3v) is 4.49. The van der Waals surface area contributed by atoms with E-state index < -0.39 is 12.1 Å². The molecule has 0 aliphatic rings. The summed E-state index contributed by atoms with van der Waals surface area (Å²) >= 11 is 0. The lowest BCUT2D eigenvalue weighted by molar-refractivity contribution is -0.124. The molecule has 2 N–H and O–H groups in total. The van der Waals surface area contributed by atoms with E-state index in [1.54, 1.807) is 0 Å². The Morgan fingerprint density at radius 1 is 0.931 bits per heavy atom. The smallest absolute Gasteiger partial charge is 0.408 e. The van der Waals surface area contributed by atoms with Gasteiger partial charge in [-0.3, -0.25) is 4.79 Å². The summed E-state index contributed by atoms with van der Waals surface area (Å²) in [6.45, 7) is 8.35. The van der Waals surface area contributed by atoms with Crippen molar-refractivity contribution >= 4 is 12.0 Å². The van der Waals surface area contributed by atoms with E-state index in [1.807, 2.05) is 82.3 Å². The molecular weight excluding hydrogens is 368 g/mol. The van der Waals surface area contributed by atoms with Crippen molar-refractivity contribution in [2.45, 2.75) is 46.4 Å². The van der Waals surface area contributed by atoms with Crippen molar-refractivity contribution in [2.75, 3.05) is 6.61 Å². The summed E-state index contributed by atoms with van der Waals surface area (Å²) in [5.74, 6) is 0.447. The van der Waals surface area contributed by atoms with E-state index in [4.69, 9.17) is 9.47 Å². The Labute approximate surface area is 172 Å². The van der Waals surface area contributed by atoms with Crippen LogP contribution in [-0.4, -0.2) is 24.6 Å². The number of benzene rings is 2. The summed E-state index contributed by atoms with van der Waals surface area (Å²) < 4.78 is 10.7. The molecule has 0 bridgehead atoms. The van der Waals surface area contributed by atoms with Crippen LogP contribution in [0, 0.1) is 5.92 Å². The molecule has 0 saturated heterocycles. The highest BCUT2D eigenvalue weighted by Crippen LogP contribution is 2.18. The Morgan fingerprint density at radius 3 is 2.17 bits per heavy atom. The van der Waals surface area contributed by atoms with Gasteiger partial charge in [-0.1, -0.05) is 56.3 Å². The van der Waals surface area contributed by atoms with Gasteiger partial charge >= 0.3 is 6.09 Å². The Hall–Kier alpha value is -3.02. The third kappa shape index (κ3) is 7.14. The highest BCUT2D eigenvalue weighted by atomic mass is 16.5. The first kappa shape index (κ1) is 22.3. The van der Waals surface area contributed by atoms with Gasteiger partial charge in [-0.05, 0) is 43.0 Å². The predicted octanol–water partition coefficient (Wildman–Crippen LogP) is 4.21. The molecule has 0 aromatic heterocycles. The van der Waals surface area contributed by atoms with Gasteiger partial charge < -0.3 is 20.1 Å². The van der Waals surface area contributed by atoms with Crippen LogP contribution in [0.15, 0.2) is 54.6 Å². The topological polar surface area (TPSA) is 76.7 Å². The molecule has 1 unspecified atom stereocenters. The van der Waals surface area contributed by atoms with Crippen LogP contribution in [0.2, 0.25) is 0 Å². The van der Waals surface area contributed by atoms with Crippen LogP contribution in [0.3, 0.4) is 0 Å². The molecule has 2 amide bonds. The fraction of sp³-hybridized carbons (Fsp3) is 0.391. The molecule has 0 saturated carbocycles. The molecule has 0 heterocycles. The Morgan fingerprint density at radius 2 is 1.59 bits per heavy atom. The lowest BCUT2D eigenvalue weighted by Gasteiger charge is -2.24. The molecule has 0 aliphatic heterocycles. The highest BCUT2D eigenvalue weighted by molar-refractivity contribution is 5.86. The Kier molecular flexibility index (Phi) is 8.52. The second kappa shape index (κ2) is 11.1. The van der Waals surface area contributed by atoms with E-state index in [1.165, 1.54) is 0 Å². The van der Waals surface area contributed by atoms with Crippen molar-refractivity contribution in [3.8, 4) is 5.75 Å². The van der Waals surface area contributed by atoms with Crippen molar-refractivity contribution in [1.82, 2.24) is 10.6 Å². The molecular formula is C23H30N2O4. The van der Waals surface area contributed by atoms with Gasteiger partial charge in [0.05, 0.1) is 12.6 Å². The molecule has 2 aromatic rings. The zero-order chi connectivity index (χ0) is 21.2. The number of alkyl carbamates (subject to hydrolysis) is 1. The number of hydrogen-bond acceptors (Lipinski definition) is 4. The molecule has 0 spiro atoms. The zero-order valence-corrected chi connectivity index (χ0v) is 17.5. The molecule has 0 aliphatic carbocycles. The second-order valence-electron chi connectivity index (χ2n) is 7.16. The number of amides is 2. The first-order valence-corrected chi connectivity index (χ1v) is 9.91. The van der Waals surface area contributed by atoms with E-state index in [2.05, 4.69) is 10.6 Å². The summed E-state index contributed by atoms with van der Waals surface area (Å²) in [7, 11) is 0. The number of carbonyl (C=O) groups is 2. The van der Waals surface area contributed by atoms with Crippen LogP contribution >= 0.6 is 0 Å². The van der Waals surface area contributed by atoms with Crippen LogP contribution in [0.5, 0.6) is 5.75 Å². The normalized spacial score (nSPS) is 12.7. The minimum Gasteiger partial charge on any atom is -0.494 e. The summed E-state index contributed by atoms with van der Waals surface area (Å²) in [5.41, 5.74) is 1.84. The fourth-order valence-corrected chi connectivity index (χ4v) is 2.83. The van der Waals surface area contributed by atoms with Gasteiger partial charge in [0.25, 0.3) is 0 Å². The monoisotopic (exact) mass is 398 g/mol. The standard InChI is InChI=1S/C23H30N2O4/c1-5-28-20-13-11-19(12-14-20)17(4)24-22(26)21(16(2)3)25-23(27)29-15-18-9-7-6-8-10-18/h6-14,16-17,21H,5,15H2,1-4H3,(H,24,26)(H,25,27)/t17?,21-/m0/s1. The van der Waals surface area contributed by atoms with E-state index in [0.29, 0.717) is 6.61 Å². The molecule has 6 heteroatoms. The van der Waals surface area contributed by atoms with Crippen LogP contribution in [0.25, 0.3) is 0 Å². The van der Waals surface area contributed by atoms with Gasteiger partial charge in [-0.25, -0.2) is 4.79 Å². The van der Waals surface area contributed by atoms with Crippen molar-refractivity contribution in [3.63, 3.8) is 0 Å². The largest absolute Gasteiger partial charge is 0.494 e. The van der Waals surface area contributed by atoms with Crippen molar-refractivity contribution in [2.24, 2.45) is 5.92 Å². The average molecular weight is 399 g/mol. The van der Waals surface area contributed by atoms with Crippen LogP contribution in [0.1, 0.15) is 44.9 Å². The maximum Gasteiger partial charge on any atom is 0.408 e. The van der Waals surface area contributed by atoms with E-state index in [9.17, 15) is 9.59 Å². The summed E-state index contributed by atoms with van der Waals surface area (Å²) in [6.07, 6.45) is -0.614. The van der Waals surface area contributed by atoms with E-state index in [0.717, 1.165) is 16.9 Å². The van der Waals surface area contributed by atoms with Gasteiger partial charge in [-0.15, -0.1) is 0 Å². The number of ether oxygens (including phenoxy) is 2. The van der Waals surface area contributed by atoms with E-state index in [-0.39, 0.29) is 24.5 Å². The molecule has 156 valence electrons. The Balaban J connectivity index is 1.91. The first-order chi connectivity index (χ1) is 13.9. The lowest BCUT2D eigenvalue weighted by atomic mass is 10.0. The van der Waals surface area contributed by atoms with Gasteiger partial charge in [0.1, 0.15) is 18.4 Å². The second-order valence-corrected chi connectivity index (χ2v) is 7.16. The molecule has 29 heavy (non-hydrogen) atoms. The molecule has 0 fully saturated rings. The van der Waals surface area contributed by atoms with Gasteiger partial charge in [0, 0.05) is 0 Å². The SMILES string of the molecule is CCOc1ccc(C(C)NC(=O)[C@@H](NC(=O)OCc2ccccc2)C(C)C)cc1. The van der Waals surface area contributed by atoms with Crippen molar-refractivity contribution < 1.29 is 19.1 Å². The van der Waals surface area contributed by atoms with Gasteiger partial charge in [-0.2, -0.15) is 0 Å².